The Morgan fingerprint density at radius 1 is 1.17 bits per heavy atom. The van der Waals surface area contributed by atoms with E-state index in [1.807, 2.05) is 31.2 Å². The Hall–Kier alpha value is -1.88. The smallest absolute Gasteiger partial charge is 0.262 e. The monoisotopic (exact) mass is 345 g/mol. The number of rotatable bonds is 3. The normalized spacial score (nSPS) is 23.7. The van der Waals surface area contributed by atoms with Gasteiger partial charge in [0.15, 0.2) is 5.11 Å². The Bertz CT molecular complexity index is 597. The van der Waals surface area contributed by atoms with Crippen LogP contribution in [-0.4, -0.2) is 17.1 Å². The molecule has 5 heteroatoms. The highest BCUT2D eigenvalue weighted by molar-refractivity contribution is 7.80. The second-order valence-electron chi connectivity index (χ2n) is 6.71. The molecule has 24 heavy (non-hydrogen) atoms. The van der Waals surface area contributed by atoms with Crippen LogP contribution in [0.5, 0.6) is 0 Å². The molecule has 1 aliphatic carbocycles. The fourth-order valence-electron chi connectivity index (χ4n) is 3.00. The highest BCUT2D eigenvalue weighted by Gasteiger charge is 2.27. The van der Waals surface area contributed by atoms with Gasteiger partial charge in [0.1, 0.15) is 0 Å². The first-order chi connectivity index (χ1) is 11.5. The second kappa shape index (κ2) is 8.83. The predicted octanol–water partition coefficient (Wildman–Crippen LogP) is 3.33. The Morgan fingerprint density at radius 3 is 2.58 bits per heavy atom. The molecule has 0 radical (unpaired) electrons. The lowest BCUT2D eigenvalue weighted by molar-refractivity contribution is -0.116. The number of thiocarbonyl (C=S) groups is 1. The standard InChI is InChI=1S/C19H27N3OS/c1-13-7-9-16(10-8-13)11-12-18(23)21-22-19(24)20-17-6-4-5-14(2)15(17)3/h7-12,14-15,17H,4-6H2,1-3H3,(H,21,23)(H2,20,22,24)/b12-11+/t14-,15-,17-/m0/s1. The summed E-state index contributed by atoms with van der Waals surface area (Å²) < 4.78 is 0. The Kier molecular flexibility index (Phi) is 6.79. The summed E-state index contributed by atoms with van der Waals surface area (Å²) in [6.45, 7) is 6.58. The third-order valence-corrected chi connectivity index (χ3v) is 5.05. The largest absolute Gasteiger partial charge is 0.358 e. The summed E-state index contributed by atoms with van der Waals surface area (Å²) in [4.78, 5) is 11.8. The molecule has 3 atom stereocenters. The number of hydrazine groups is 1. The van der Waals surface area contributed by atoms with Crippen molar-refractivity contribution in [3.63, 3.8) is 0 Å². The van der Waals surface area contributed by atoms with Gasteiger partial charge in [0.25, 0.3) is 5.91 Å². The van der Waals surface area contributed by atoms with Crippen molar-refractivity contribution in [3.8, 4) is 0 Å². The zero-order chi connectivity index (χ0) is 17.5. The van der Waals surface area contributed by atoms with Crippen LogP contribution in [0.15, 0.2) is 30.3 Å². The second-order valence-corrected chi connectivity index (χ2v) is 7.11. The van der Waals surface area contributed by atoms with Crippen LogP contribution in [0.25, 0.3) is 6.08 Å². The lowest BCUT2D eigenvalue weighted by atomic mass is 9.78. The topological polar surface area (TPSA) is 53.2 Å². The summed E-state index contributed by atoms with van der Waals surface area (Å²) >= 11 is 5.28. The van der Waals surface area contributed by atoms with Crippen LogP contribution in [0.2, 0.25) is 0 Å². The van der Waals surface area contributed by atoms with Crippen LogP contribution in [-0.2, 0) is 4.79 Å². The van der Waals surface area contributed by atoms with Crippen LogP contribution in [0.4, 0.5) is 0 Å². The quantitative estimate of drug-likeness (QED) is 0.447. The van der Waals surface area contributed by atoms with Crippen molar-refractivity contribution in [1.29, 1.82) is 0 Å². The number of carbonyl (C=O) groups excluding carboxylic acids is 1. The van der Waals surface area contributed by atoms with Crippen molar-refractivity contribution >= 4 is 29.3 Å². The molecule has 1 fully saturated rings. The number of hydrogen-bond donors (Lipinski definition) is 3. The lowest BCUT2D eigenvalue weighted by Gasteiger charge is -2.35. The van der Waals surface area contributed by atoms with E-state index < -0.39 is 0 Å². The van der Waals surface area contributed by atoms with Gasteiger partial charge in [-0.25, -0.2) is 0 Å². The zero-order valence-corrected chi connectivity index (χ0v) is 15.5. The molecule has 0 spiro atoms. The molecule has 1 amide bonds. The van der Waals surface area contributed by atoms with Gasteiger partial charge in [-0.1, -0.05) is 56.5 Å². The fourth-order valence-corrected chi connectivity index (χ4v) is 3.20. The predicted molar refractivity (Wildman–Crippen MR) is 103 cm³/mol. The summed E-state index contributed by atoms with van der Waals surface area (Å²) in [5, 5.41) is 3.79. The summed E-state index contributed by atoms with van der Waals surface area (Å²) in [5.74, 6) is 1.05. The van der Waals surface area contributed by atoms with Gasteiger partial charge in [0.2, 0.25) is 0 Å². The van der Waals surface area contributed by atoms with Crippen LogP contribution in [0, 0.1) is 18.8 Å². The van der Waals surface area contributed by atoms with E-state index in [0.29, 0.717) is 23.0 Å². The van der Waals surface area contributed by atoms with Gasteiger partial charge in [-0.2, -0.15) is 0 Å². The molecule has 1 aliphatic rings. The van der Waals surface area contributed by atoms with Gasteiger partial charge in [0, 0.05) is 12.1 Å². The average Bonchev–Trinajstić information content (AvgIpc) is 2.56. The SMILES string of the molecule is Cc1ccc(/C=C/C(=O)NNC(=S)N[C@H]2CCC[C@H](C)[C@@H]2C)cc1. The number of carbonyl (C=O) groups is 1. The molecule has 130 valence electrons. The maximum Gasteiger partial charge on any atom is 0.262 e. The first-order valence-electron chi connectivity index (χ1n) is 8.57. The minimum Gasteiger partial charge on any atom is -0.358 e. The molecule has 2 rings (SSSR count). The fraction of sp³-hybridized carbons (Fsp3) is 0.474. The summed E-state index contributed by atoms with van der Waals surface area (Å²) in [7, 11) is 0. The van der Waals surface area contributed by atoms with E-state index in [2.05, 4.69) is 30.0 Å². The maximum atomic E-state index is 11.8. The Morgan fingerprint density at radius 2 is 1.88 bits per heavy atom. The van der Waals surface area contributed by atoms with Crippen LogP contribution < -0.4 is 16.2 Å². The molecular weight excluding hydrogens is 318 g/mol. The third-order valence-electron chi connectivity index (χ3n) is 4.83. The van der Waals surface area contributed by atoms with E-state index in [-0.39, 0.29) is 5.91 Å². The number of benzene rings is 1. The van der Waals surface area contributed by atoms with E-state index in [1.165, 1.54) is 24.5 Å². The van der Waals surface area contributed by atoms with Crippen molar-refractivity contribution in [2.24, 2.45) is 11.8 Å². The van der Waals surface area contributed by atoms with Crippen molar-refractivity contribution in [1.82, 2.24) is 16.2 Å². The molecular formula is C19H27N3OS. The van der Waals surface area contributed by atoms with Gasteiger partial charge in [0.05, 0.1) is 0 Å². The van der Waals surface area contributed by atoms with Crippen molar-refractivity contribution in [3.05, 3.63) is 41.5 Å². The highest BCUT2D eigenvalue weighted by atomic mass is 32.1. The average molecular weight is 346 g/mol. The zero-order valence-electron chi connectivity index (χ0n) is 14.6. The van der Waals surface area contributed by atoms with Crippen molar-refractivity contribution in [2.45, 2.75) is 46.1 Å². The molecule has 0 unspecified atom stereocenters. The number of amides is 1. The first-order valence-corrected chi connectivity index (χ1v) is 8.98. The lowest BCUT2D eigenvalue weighted by Crippen LogP contribution is -2.52. The van der Waals surface area contributed by atoms with Crippen LogP contribution in [0.3, 0.4) is 0 Å². The molecule has 3 N–H and O–H groups in total. The van der Waals surface area contributed by atoms with E-state index in [0.717, 1.165) is 12.0 Å². The number of aryl methyl sites for hydroxylation is 1. The third kappa shape index (κ3) is 5.64. The highest BCUT2D eigenvalue weighted by Crippen LogP contribution is 2.29. The summed E-state index contributed by atoms with van der Waals surface area (Å²) in [6, 6.07) is 8.35. The minimum absolute atomic E-state index is 0.232. The van der Waals surface area contributed by atoms with E-state index in [1.54, 1.807) is 6.08 Å². The molecule has 1 aromatic rings. The molecule has 0 saturated heterocycles. The van der Waals surface area contributed by atoms with E-state index in [4.69, 9.17) is 12.2 Å². The van der Waals surface area contributed by atoms with Crippen molar-refractivity contribution in [2.75, 3.05) is 0 Å². The molecule has 1 saturated carbocycles. The van der Waals surface area contributed by atoms with E-state index in [9.17, 15) is 4.79 Å². The van der Waals surface area contributed by atoms with E-state index >= 15 is 0 Å². The van der Waals surface area contributed by atoms with Gasteiger partial charge in [-0.3, -0.25) is 15.6 Å². The molecule has 0 aliphatic heterocycles. The first kappa shape index (κ1) is 18.5. The summed E-state index contributed by atoms with van der Waals surface area (Å²) in [6.07, 6.45) is 6.88. The molecule has 0 bridgehead atoms. The number of nitrogens with one attached hydrogen (secondary N) is 3. The van der Waals surface area contributed by atoms with Crippen molar-refractivity contribution < 1.29 is 4.79 Å². The molecule has 0 aromatic heterocycles. The number of hydrogen-bond acceptors (Lipinski definition) is 2. The molecule has 1 aromatic carbocycles. The van der Waals surface area contributed by atoms with Gasteiger partial charge in [-0.05, 0) is 49.0 Å². The van der Waals surface area contributed by atoms with Gasteiger partial charge < -0.3 is 5.32 Å². The van der Waals surface area contributed by atoms with Gasteiger partial charge in [-0.15, -0.1) is 0 Å². The Labute approximate surface area is 150 Å². The van der Waals surface area contributed by atoms with Crippen LogP contribution in [0.1, 0.15) is 44.2 Å². The minimum atomic E-state index is -0.232. The Balaban J connectivity index is 1.74. The van der Waals surface area contributed by atoms with Crippen LogP contribution >= 0.6 is 12.2 Å². The maximum absolute atomic E-state index is 11.8. The molecule has 0 heterocycles. The molecule has 4 nitrogen and oxygen atoms in total. The summed E-state index contributed by atoms with van der Waals surface area (Å²) in [5.41, 5.74) is 7.56. The van der Waals surface area contributed by atoms with Gasteiger partial charge >= 0.3 is 0 Å².